The molecule has 10 heteroatoms. The molecule has 0 rings (SSSR count). The van der Waals surface area contributed by atoms with Crippen molar-refractivity contribution in [2.45, 2.75) is 296 Å². The highest BCUT2D eigenvalue weighted by Gasteiger charge is 2.26. The summed E-state index contributed by atoms with van der Waals surface area (Å²) in [6.07, 6.45) is 69.0. The minimum atomic E-state index is -4.39. The molecule has 0 aromatic heterocycles. The number of esters is 2. The number of hydrogen-bond acceptors (Lipinski definition) is 8. The molecule has 0 aromatic carbocycles. The number of carbonyl (C=O) groups is 2. The third-order valence-electron chi connectivity index (χ3n) is 12.9. The Morgan fingerprint density at radius 2 is 0.743 bits per heavy atom. The second-order valence-corrected chi connectivity index (χ2v) is 21.3. The van der Waals surface area contributed by atoms with Gasteiger partial charge in [-0.05, 0) is 77.0 Å². The molecule has 0 aliphatic rings. The number of rotatable bonds is 56. The molecule has 0 spiro atoms. The standard InChI is InChI=1S/C60H112NO8P/c1-3-5-7-9-11-13-15-17-19-21-22-23-24-25-26-27-28-29-30-31-32-33-34-35-36-37-39-41-43-45-47-49-51-53-60(63)69-58(57-68-70(64,65)67-55-54-61)56-66-59(62)52-50-48-46-44-42-40-38-20-18-16-14-12-10-8-6-4-2/h14-17,20-22,38,58H,3-13,18-19,23-37,39-57,61H2,1-2H3,(H,64,65)/b16-14-,17-15-,22-21-,38-20-. The highest BCUT2D eigenvalue weighted by molar-refractivity contribution is 7.47. The lowest BCUT2D eigenvalue weighted by Gasteiger charge is -2.19. The Hall–Kier alpha value is -2.03. The summed E-state index contributed by atoms with van der Waals surface area (Å²) in [6, 6.07) is 0. The zero-order valence-corrected chi connectivity index (χ0v) is 46.7. The van der Waals surface area contributed by atoms with Gasteiger partial charge >= 0.3 is 19.8 Å². The molecule has 9 nitrogen and oxygen atoms in total. The predicted molar refractivity (Wildman–Crippen MR) is 298 cm³/mol. The van der Waals surface area contributed by atoms with Gasteiger partial charge in [-0.25, -0.2) is 4.57 Å². The fraction of sp³-hybridized carbons (Fsp3) is 0.833. The van der Waals surface area contributed by atoms with Crippen molar-refractivity contribution in [1.29, 1.82) is 0 Å². The molecule has 410 valence electrons. The van der Waals surface area contributed by atoms with Crippen molar-refractivity contribution in [3.05, 3.63) is 48.6 Å². The average molecular weight is 1010 g/mol. The summed E-state index contributed by atoms with van der Waals surface area (Å²) in [6.45, 7) is 3.73. The summed E-state index contributed by atoms with van der Waals surface area (Å²) in [4.78, 5) is 35.1. The molecule has 0 bridgehead atoms. The zero-order valence-electron chi connectivity index (χ0n) is 45.8. The lowest BCUT2D eigenvalue weighted by atomic mass is 10.0. The fourth-order valence-corrected chi connectivity index (χ4v) is 9.29. The van der Waals surface area contributed by atoms with Crippen molar-refractivity contribution in [2.24, 2.45) is 5.73 Å². The fourth-order valence-electron chi connectivity index (χ4n) is 8.52. The van der Waals surface area contributed by atoms with Crippen molar-refractivity contribution in [3.8, 4) is 0 Å². The lowest BCUT2D eigenvalue weighted by Crippen LogP contribution is -2.29. The Bertz CT molecular complexity index is 1280. The molecule has 0 fully saturated rings. The number of unbranched alkanes of at least 4 members (excludes halogenated alkanes) is 35. The maximum Gasteiger partial charge on any atom is 0.472 e. The van der Waals surface area contributed by atoms with Gasteiger partial charge in [-0.15, -0.1) is 0 Å². The number of carbonyl (C=O) groups excluding carboxylic acids is 2. The monoisotopic (exact) mass is 1010 g/mol. The van der Waals surface area contributed by atoms with Crippen molar-refractivity contribution in [3.63, 3.8) is 0 Å². The van der Waals surface area contributed by atoms with E-state index in [9.17, 15) is 19.0 Å². The summed E-state index contributed by atoms with van der Waals surface area (Å²) in [5.41, 5.74) is 5.38. The number of hydrogen-bond donors (Lipinski definition) is 2. The van der Waals surface area contributed by atoms with Gasteiger partial charge in [0.1, 0.15) is 6.61 Å². The summed E-state index contributed by atoms with van der Waals surface area (Å²) in [7, 11) is -4.39. The van der Waals surface area contributed by atoms with Crippen molar-refractivity contribution in [1.82, 2.24) is 0 Å². The van der Waals surface area contributed by atoms with Crippen molar-refractivity contribution >= 4 is 19.8 Å². The second-order valence-electron chi connectivity index (χ2n) is 19.9. The maximum atomic E-state index is 12.7. The SMILES string of the molecule is CCCCCC/C=C\C/C=C\CCCCCCCC(=O)OCC(COP(=O)(O)OCCN)OC(=O)CCCCCCCCCCCCCCCCCCCCCCC/C=C\C/C=C\CCCCCCC. The van der Waals surface area contributed by atoms with Crippen molar-refractivity contribution < 1.29 is 37.6 Å². The van der Waals surface area contributed by atoms with Crippen LogP contribution >= 0.6 is 7.82 Å². The van der Waals surface area contributed by atoms with Gasteiger partial charge in [0.05, 0.1) is 13.2 Å². The molecule has 0 aromatic rings. The van der Waals surface area contributed by atoms with E-state index in [1.54, 1.807) is 0 Å². The highest BCUT2D eigenvalue weighted by Crippen LogP contribution is 2.43. The van der Waals surface area contributed by atoms with E-state index < -0.39 is 32.5 Å². The van der Waals surface area contributed by atoms with Gasteiger partial charge in [0, 0.05) is 19.4 Å². The minimum Gasteiger partial charge on any atom is -0.462 e. The largest absolute Gasteiger partial charge is 0.472 e. The van der Waals surface area contributed by atoms with E-state index in [-0.39, 0.29) is 32.6 Å². The molecule has 70 heavy (non-hydrogen) atoms. The van der Waals surface area contributed by atoms with Crippen LogP contribution in [0.2, 0.25) is 0 Å². The molecule has 0 amide bonds. The van der Waals surface area contributed by atoms with E-state index in [2.05, 4.69) is 62.5 Å². The number of phosphoric acid groups is 1. The maximum absolute atomic E-state index is 12.7. The third kappa shape index (κ3) is 55.3. The smallest absolute Gasteiger partial charge is 0.462 e. The van der Waals surface area contributed by atoms with Gasteiger partial charge in [-0.3, -0.25) is 18.6 Å². The third-order valence-corrected chi connectivity index (χ3v) is 13.9. The van der Waals surface area contributed by atoms with E-state index in [0.717, 1.165) is 64.2 Å². The Kier molecular flexibility index (Phi) is 54.6. The molecule has 0 radical (unpaired) electrons. The topological polar surface area (TPSA) is 134 Å². The molecule has 0 saturated heterocycles. The average Bonchev–Trinajstić information content (AvgIpc) is 3.35. The summed E-state index contributed by atoms with van der Waals surface area (Å²) >= 11 is 0. The lowest BCUT2D eigenvalue weighted by molar-refractivity contribution is -0.161. The van der Waals surface area contributed by atoms with Crippen LogP contribution < -0.4 is 5.73 Å². The normalized spacial score (nSPS) is 13.4. The van der Waals surface area contributed by atoms with E-state index >= 15 is 0 Å². The Balaban J connectivity index is 3.86. The molecular formula is C60H112NO8P. The van der Waals surface area contributed by atoms with Crippen LogP contribution in [0.5, 0.6) is 0 Å². The number of nitrogens with two attached hydrogens (primary N) is 1. The van der Waals surface area contributed by atoms with Crippen LogP contribution in [0, 0.1) is 0 Å². The predicted octanol–water partition coefficient (Wildman–Crippen LogP) is 18.6. The molecular weight excluding hydrogens is 894 g/mol. The summed E-state index contributed by atoms with van der Waals surface area (Å²) < 4.78 is 33.0. The molecule has 2 atom stereocenters. The Morgan fingerprint density at radius 3 is 1.10 bits per heavy atom. The zero-order chi connectivity index (χ0) is 51.0. The van der Waals surface area contributed by atoms with E-state index in [4.69, 9.17) is 24.3 Å². The molecule has 0 aliphatic heterocycles. The first-order chi connectivity index (χ1) is 34.3. The van der Waals surface area contributed by atoms with Gasteiger partial charge in [-0.1, -0.05) is 249 Å². The quantitative estimate of drug-likeness (QED) is 0.0264. The van der Waals surface area contributed by atoms with Gasteiger partial charge in [0.25, 0.3) is 0 Å². The van der Waals surface area contributed by atoms with Gasteiger partial charge in [0.15, 0.2) is 6.10 Å². The first kappa shape index (κ1) is 68.0. The second kappa shape index (κ2) is 56.3. The van der Waals surface area contributed by atoms with E-state index in [0.29, 0.717) is 6.42 Å². The van der Waals surface area contributed by atoms with Gasteiger partial charge in [-0.2, -0.15) is 0 Å². The minimum absolute atomic E-state index is 0.0518. The molecule has 0 heterocycles. The van der Waals surface area contributed by atoms with E-state index in [1.165, 1.54) is 193 Å². The number of allylic oxidation sites excluding steroid dienone is 8. The van der Waals surface area contributed by atoms with Gasteiger partial charge < -0.3 is 20.1 Å². The summed E-state index contributed by atoms with van der Waals surface area (Å²) in [5, 5.41) is 0. The van der Waals surface area contributed by atoms with Crippen LogP contribution in [0.4, 0.5) is 0 Å². The molecule has 0 aliphatic carbocycles. The molecule has 3 N–H and O–H groups in total. The van der Waals surface area contributed by atoms with Crippen LogP contribution in [0.3, 0.4) is 0 Å². The van der Waals surface area contributed by atoms with E-state index in [1.807, 2.05) is 0 Å². The first-order valence-corrected chi connectivity index (χ1v) is 31.1. The molecule has 0 saturated carbocycles. The molecule has 2 unspecified atom stereocenters. The Labute approximate surface area is 432 Å². The van der Waals surface area contributed by atoms with Crippen LogP contribution in [0.25, 0.3) is 0 Å². The first-order valence-electron chi connectivity index (χ1n) is 29.6. The number of ether oxygens (including phenoxy) is 2. The van der Waals surface area contributed by atoms with Crippen LogP contribution in [0.1, 0.15) is 290 Å². The van der Waals surface area contributed by atoms with Crippen LogP contribution in [-0.4, -0.2) is 49.3 Å². The highest BCUT2D eigenvalue weighted by atomic mass is 31.2. The van der Waals surface area contributed by atoms with Crippen molar-refractivity contribution in [2.75, 3.05) is 26.4 Å². The van der Waals surface area contributed by atoms with Crippen LogP contribution in [0.15, 0.2) is 48.6 Å². The summed E-state index contributed by atoms with van der Waals surface area (Å²) in [5.74, 6) is -0.833. The van der Waals surface area contributed by atoms with Crippen LogP contribution in [-0.2, 0) is 32.7 Å². The van der Waals surface area contributed by atoms with Gasteiger partial charge in [0.2, 0.25) is 0 Å². The Morgan fingerprint density at radius 1 is 0.429 bits per heavy atom. The number of phosphoric ester groups is 1.